The Hall–Kier alpha value is -1.13. The minimum absolute atomic E-state index is 0.166. The van der Waals surface area contributed by atoms with Gasteiger partial charge in [0, 0.05) is 4.47 Å². The van der Waals surface area contributed by atoms with Gasteiger partial charge in [-0.1, -0.05) is 48.8 Å². The van der Waals surface area contributed by atoms with Crippen molar-refractivity contribution in [3.63, 3.8) is 0 Å². The fourth-order valence-corrected chi connectivity index (χ4v) is 3.38. The second kappa shape index (κ2) is 6.17. The van der Waals surface area contributed by atoms with Crippen molar-refractivity contribution >= 4 is 24.2 Å². The molecule has 0 radical (unpaired) electrons. The molecule has 2 rings (SSSR count). The lowest BCUT2D eigenvalue weighted by molar-refractivity contribution is 0.492. The summed E-state index contributed by atoms with van der Waals surface area (Å²) in [5, 5.41) is 0.166. The largest absolute Gasteiger partial charge is 0.544 e. The maximum atomic E-state index is 13.5. The van der Waals surface area contributed by atoms with Gasteiger partial charge in [-0.2, -0.15) is 0 Å². The van der Waals surface area contributed by atoms with Crippen molar-refractivity contribution in [2.75, 3.05) is 0 Å². The molecule has 2 aromatic rings. The lowest BCUT2D eigenvalue weighted by atomic mass is 10.1. The lowest BCUT2D eigenvalue weighted by Crippen LogP contribution is -2.43. The summed E-state index contributed by atoms with van der Waals surface area (Å²) < 4.78 is 20.5. The topological polar surface area (TPSA) is 9.23 Å². The van der Waals surface area contributed by atoms with E-state index >= 15 is 0 Å². The van der Waals surface area contributed by atoms with Gasteiger partial charge in [-0.15, -0.1) is 0 Å². The fraction of sp³-hybridized carbons (Fsp3) is 0.333. The summed E-state index contributed by atoms with van der Waals surface area (Å²) >= 11 is 3.33. The number of rotatable bonds is 3. The normalized spacial score (nSPS) is 12.3. The zero-order valence-electron chi connectivity index (χ0n) is 13.7. The molecule has 0 aliphatic rings. The molecule has 0 atom stereocenters. The van der Waals surface area contributed by atoms with Crippen molar-refractivity contribution in [1.82, 2.24) is 0 Å². The van der Waals surface area contributed by atoms with E-state index < -0.39 is 8.32 Å². The Morgan fingerprint density at radius 2 is 1.55 bits per heavy atom. The molecule has 4 heteroatoms. The number of hydrogen-bond acceptors (Lipinski definition) is 1. The molecule has 0 fully saturated rings. The van der Waals surface area contributed by atoms with Crippen LogP contribution in [0, 0.1) is 5.82 Å². The zero-order chi connectivity index (χ0) is 16.5. The van der Waals surface area contributed by atoms with Crippen LogP contribution in [0.25, 0.3) is 11.1 Å². The fourth-order valence-electron chi connectivity index (χ4n) is 1.88. The highest BCUT2D eigenvalue weighted by Crippen LogP contribution is 2.37. The summed E-state index contributed by atoms with van der Waals surface area (Å²) in [4.78, 5) is 0. The Kier molecular flexibility index (Phi) is 4.83. The third-order valence-corrected chi connectivity index (χ3v) is 9.05. The number of halogens is 2. The molecule has 1 nitrogen and oxygen atoms in total. The van der Waals surface area contributed by atoms with Gasteiger partial charge >= 0.3 is 0 Å². The van der Waals surface area contributed by atoms with Gasteiger partial charge in [0.25, 0.3) is 0 Å². The minimum atomic E-state index is -1.83. The zero-order valence-corrected chi connectivity index (χ0v) is 16.3. The van der Waals surface area contributed by atoms with Gasteiger partial charge in [0.2, 0.25) is 8.32 Å². The maximum absolute atomic E-state index is 13.5. The van der Waals surface area contributed by atoms with E-state index in [9.17, 15) is 4.39 Å². The van der Waals surface area contributed by atoms with Crippen LogP contribution >= 0.6 is 15.9 Å². The third-order valence-electron chi connectivity index (χ3n) is 4.23. The summed E-state index contributed by atoms with van der Waals surface area (Å²) in [7, 11) is -1.83. The van der Waals surface area contributed by atoms with Crippen LogP contribution in [0.2, 0.25) is 18.1 Å². The second-order valence-electron chi connectivity index (χ2n) is 7.04. The molecule has 0 N–H and O–H groups in total. The molecular formula is C18H22BrFOSi. The molecule has 0 saturated heterocycles. The van der Waals surface area contributed by atoms with Crippen molar-refractivity contribution < 1.29 is 8.82 Å². The Morgan fingerprint density at radius 3 is 2.05 bits per heavy atom. The molecule has 0 aromatic heterocycles. The molecule has 0 bridgehead atoms. The molecule has 22 heavy (non-hydrogen) atoms. The molecule has 2 aromatic carbocycles. The summed E-state index contributed by atoms with van der Waals surface area (Å²) in [6.07, 6.45) is 0. The van der Waals surface area contributed by atoms with E-state index in [4.69, 9.17) is 4.43 Å². The molecule has 0 unspecified atom stereocenters. The first-order chi connectivity index (χ1) is 10.1. The molecule has 0 spiro atoms. The Labute approximate surface area is 141 Å². The monoisotopic (exact) mass is 380 g/mol. The smallest absolute Gasteiger partial charge is 0.250 e. The van der Waals surface area contributed by atoms with Crippen LogP contribution in [0.4, 0.5) is 4.39 Å². The highest BCUT2D eigenvalue weighted by molar-refractivity contribution is 9.10. The van der Waals surface area contributed by atoms with E-state index in [-0.39, 0.29) is 10.9 Å². The highest BCUT2D eigenvalue weighted by Gasteiger charge is 2.38. The van der Waals surface area contributed by atoms with Gasteiger partial charge in [0.05, 0.1) is 0 Å². The van der Waals surface area contributed by atoms with E-state index in [1.807, 2.05) is 30.3 Å². The van der Waals surface area contributed by atoms with Crippen LogP contribution < -0.4 is 4.43 Å². The number of hydrogen-bond donors (Lipinski definition) is 0. The molecule has 0 heterocycles. The Bertz CT molecular complexity index is 640. The van der Waals surface area contributed by atoms with Gasteiger partial charge < -0.3 is 4.43 Å². The molecule has 0 amide bonds. The SMILES string of the molecule is CC(C)(C)[Si](C)(C)Oc1ccc(-c2cc(F)cc(Br)c2)cc1. The first-order valence-electron chi connectivity index (χ1n) is 7.34. The van der Waals surface area contributed by atoms with E-state index in [0.29, 0.717) is 0 Å². The van der Waals surface area contributed by atoms with E-state index in [1.165, 1.54) is 12.1 Å². The highest BCUT2D eigenvalue weighted by atomic mass is 79.9. The van der Waals surface area contributed by atoms with E-state index in [2.05, 4.69) is 49.8 Å². The van der Waals surface area contributed by atoms with Gasteiger partial charge in [-0.05, 0) is 59.6 Å². The van der Waals surface area contributed by atoms with Crippen molar-refractivity contribution in [2.45, 2.75) is 38.9 Å². The summed E-state index contributed by atoms with van der Waals surface area (Å²) in [5.41, 5.74) is 1.83. The average Bonchev–Trinajstić information content (AvgIpc) is 2.36. The van der Waals surface area contributed by atoms with Gasteiger partial charge in [0.1, 0.15) is 11.6 Å². The van der Waals surface area contributed by atoms with E-state index in [0.717, 1.165) is 21.3 Å². The van der Waals surface area contributed by atoms with Gasteiger partial charge in [-0.25, -0.2) is 4.39 Å². The van der Waals surface area contributed by atoms with Crippen molar-refractivity contribution in [3.05, 3.63) is 52.8 Å². The van der Waals surface area contributed by atoms with Crippen LogP contribution in [-0.2, 0) is 0 Å². The summed E-state index contributed by atoms with van der Waals surface area (Å²) in [6.45, 7) is 11.1. The molecule has 118 valence electrons. The van der Waals surface area contributed by atoms with Crippen LogP contribution in [0.1, 0.15) is 20.8 Å². The second-order valence-corrected chi connectivity index (χ2v) is 12.7. The minimum Gasteiger partial charge on any atom is -0.544 e. The standard InChI is InChI=1S/C18H22BrFOSi/c1-18(2,3)22(4,5)21-17-8-6-13(7-9-17)14-10-15(19)12-16(20)11-14/h6-12H,1-5H3. The van der Waals surface area contributed by atoms with Crippen molar-refractivity contribution in [1.29, 1.82) is 0 Å². The van der Waals surface area contributed by atoms with Crippen LogP contribution in [0.3, 0.4) is 0 Å². The van der Waals surface area contributed by atoms with Crippen LogP contribution in [0.15, 0.2) is 46.9 Å². The lowest BCUT2D eigenvalue weighted by Gasteiger charge is -2.36. The quantitative estimate of drug-likeness (QED) is 0.542. The Morgan fingerprint density at radius 1 is 0.955 bits per heavy atom. The maximum Gasteiger partial charge on any atom is 0.250 e. The number of benzene rings is 2. The molecule has 0 saturated carbocycles. The van der Waals surface area contributed by atoms with Crippen LogP contribution in [0.5, 0.6) is 5.75 Å². The van der Waals surface area contributed by atoms with Crippen LogP contribution in [-0.4, -0.2) is 8.32 Å². The first-order valence-corrected chi connectivity index (χ1v) is 11.0. The first kappa shape index (κ1) is 17.2. The van der Waals surface area contributed by atoms with E-state index in [1.54, 1.807) is 0 Å². The molecule has 0 aliphatic carbocycles. The third kappa shape index (κ3) is 3.99. The van der Waals surface area contributed by atoms with Gasteiger partial charge in [-0.3, -0.25) is 0 Å². The van der Waals surface area contributed by atoms with Crippen molar-refractivity contribution in [2.24, 2.45) is 0 Å². The predicted octanol–water partition coefficient (Wildman–Crippen LogP) is 6.64. The molecule has 0 aliphatic heterocycles. The van der Waals surface area contributed by atoms with Gasteiger partial charge in [0.15, 0.2) is 0 Å². The predicted molar refractivity (Wildman–Crippen MR) is 97.4 cm³/mol. The average molecular weight is 381 g/mol. The summed E-state index contributed by atoms with van der Waals surface area (Å²) in [5.74, 6) is 0.636. The van der Waals surface area contributed by atoms with Crippen molar-refractivity contribution in [3.8, 4) is 16.9 Å². The Balaban J connectivity index is 2.24. The molecular weight excluding hydrogens is 359 g/mol. The summed E-state index contributed by atoms with van der Waals surface area (Å²) in [6, 6.07) is 12.8.